The third kappa shape index (κ3) is 2.81. The first kappa shape index (κ1) is 13.5. The Morgan fingerprint density at radius 1 is 1.30 bits per heavy atom. The summed E-state index contributed by atoms with van der Waals surface area (Å²) >= 11 is 7.30. The van der Waals surface area contributed by atoms with Crippen LogP contribution in [0.2, 0.25) is 5.02 Å². The van der Waals surface area contributed by atoms with Gasteiger partial charge in [-0.25, -0.2) is 0 Å². The van der Waals surface area contributed by atoms with Gasteiger partial charge in [-0.15, -0.1) is 11.3 Å². The zero-order valence-corrected chi connectivity index (χ0v) is 12.5. The molecule has 1 aromatic carbocycles. The van der Waals surface area contributed by atoms with Gasteiger partial charge in [-0.05, 0) is 42.0 Å². The number of amides is 1. The van der Waals surface area contributed by atoms with E-state index in [0.29, 0.717) is 28.2 Å². The molecule has 1 fully saturated rings. The van der Waals surface area contributed by atoms with Crippen LogP contribution in [-0.4, -0.2) is 16.8 Å². The van der Waals surface area contributed by atoms with Gasteiger partial charge in [0.15, 0.2) is 0 Å². The molecule has 3 rings (SSSR count). The molecule has 0 unspecified atom stereocenters. The highest BCUT2D eigenvalue weighted by Gasteiger charge is 2.34. The van der Waals surface area contributed by atoms with Gasteiger partial charge in [0.25, 0.3) is 5.91 Å². The lowest BCUT2D eigenvalue weighted by molar-refractivity contribution is 0.0736. The van der Waals surface area contributed by atoms with E-state index in [4.69, 9.17) is 17.3 Å². The summed E-state index contributed by atoms with van der Waals surface area (Å²) in [5.74, 6) is 0.0370. The average molecular weight is 307 g/mol. The van der Waals surface area contributed by atoms with Gasteiger partial charge in [-0.3, -0.25) is 4.79 Å². The van der Waals surface area contributed by atoms with Crippen molar-refractivity contribution in [2.75, 3.05) is 5.73 Å². The minimum Gasteiger partial charge on any atom is -0.397 e. The molecule has 0 aliphatic heterocycles. The largest absolute Gasteiger partial charge is 0.397 e. The standard InChI is InChI=1S/C15H15ClN2OS/c16-11-3-1-10(2-4-11)9-18(12-5-6-12)15(19)14-13(17)7-8-20-14/h1-4,7-8,12H,5-6,9,17H2. The van der Waals surface area contributed by atoms with Crippen LogP contribution in [0.1, 0.15) is 28.1 Å². The molecule has 0 radical (unpaired) electrons. The third-order valence-electron chi connectivity index (χ3n) is 3.40. The van der Waals surface area contributed by atoms with Crippen molar-refractivity contribution >= 4 is 34.5 Å². The Hall–Kier alpha value is -1.52. The van der Waals surface area contributed by atoms with Crippen molar-refractivity contribution in [1.29, 1.82) is 0 Å². The van der Waals surface area contributed by atoms with E-state index in [9.17, 15) is 4.79 Å². The number of halogens is 1. The normalized spacial score (nSPS) is 14.2. The van der Waals surface area contributed by atoms with Gasteiger partial charge in [0.05, 0.1) is 5.69 Å². The summed E-state index contributed by atoms with van der Waals surface area (Å²) in [6, 6.07) is 9.76. The van der Waals surface area contributed by atoms with Crippen molar-refractivity contribution in [2.45, 2.75) is 25.4 Å². The monoisotopic (exact) mass is 306 g/mol. The molecule has 0 saturated heterocycles. The van der Waals surface area contributed by atoms with Gasteiger partial charge in [0.2, 0.25) is 0 Å². The van der Waals surface area contributed by atoms with Crippen molar-refractivity contribution in [2.24, 2.45) is 0 Å². The number of anilines is 1. The van der Waals surface area contributed by atoms with Gasteiger partial charge in [-0.2, -0.15) is 0 Å². The summed E-state index contributed by atoms with van der Waals surface area (Å²) in [5.41, 5.74) is 7.52. The first-order valence-electron chi connectivity index (χ1n) is 6.53. The molecule has 20 heavy (non-hydrogen) atoms. The molecule has 1 aliphatic carbocycles. The zero-order chi connectivity index (χ0) is 14.1. The molecule has 2 aromatic rings. The summed E-state index contributed by atoms with van der Waals surface area (Å²) in [6.45, 7) is 0.609. The minimum atomic E-state index is 0.0370. The quantitative estimate of drug-likeness (QED) is 0.934. The van der Waals surface area contributed by atoms with Crippen molar-refractivity contribution in [3.05, 3.63) is 51.2 Å². The second-order valence-corrected chi connectivity index (χ2v) is 6.35. The Morgan fingerprint density at radius 2 is 2.00 bits per heavy atom. The van der Waals surface area contributed by atoms with E-state index in [1.807, 2.05) is 34.5 Å². The number of benzene rings is 1. The van der Waals surface area contributed by atoms with Crippen molar-refractivity contribution < 1.29 is 4.79 Å². The summed E-state index contributed by atoms with van der Waals surface area (Å²) in [4.78, 5) is 15.2. The fraction of sp³-hybridized carbons (Fsp3) is 0.267. The number of nitrogen functional groups attached to an aromatic ring is 1. The van der Waals surface area contributed by atoms with E-state index in [2.05, 4.69) is 0 Å². The van der Waals surface area contributed by atoms with E-state index in [1.165, 1.54) is 11.3 Å². The van der Waals surface area contributed by atoms with Gasteiger partial charge in [0, 0.05) is 17.6 Å². The van der Waals surface area contributed by atoms with E-state index >= 15 is 0 Å². The van der Waals surface area contributed by atoms with Crippen molar-refractivity contribution in [1.82, 2.24) is 4.90 Å². The number of carbonyl (C=O) groups is 1. The molecule has 104 valence electrons. The van der Waals surface area contributed by atoms with E-state index in [1.54, 1.807) is 6.07 Å². The lowest BCUT2D eigenvalue weighted by Crippen LogP contribution is -2.32. The summed E-state index contributed by atoms with van der Waals surface area (Å²) in [6.07, 6.45) is 2.15. The lowest BCUT2D eigenvalue weighted by Gasteiger charge is -2.22. The molecule has 0 spiro atoms. The first-order valence-corrected chi connectivity index (χ1v) is 7.79. The number of thiophene rings is 1. The van der Waals surface area contributed by atoms with Gasteiger partial charge in [-0.1, -0.05) is 23.7 Å². The van der Waals surface area contributed by atoms with Crippen LogP contribution in [0.3, 0.4) is 0 Å². The SMILES string of the molecule is Nc1ccsc1C(=O)N(Cc1ccc(Cl)cc1)C1CC1. The number of nitrogens with zero attached hydrogens (tertiary/aromatic N) is 1. The smallest absolute Gasteiger partial charge is 0.266 e. The van der Waals surface area contributed by atoms with Crippen molar-refractivity contribution in [3.63, 3.8) is 0 Å². The number of nitrogens with two attached hydrogens (primary N) is 1. The van der Waals surface area contributed by atoms with Crippen molar-refractivity contribution in [3.8, 4) is 0 Å². The summed E-state index contributed by atoms with van der Waals surface area (Å²) in [5, 5.41) is 2.57. The molecule has 2 N–H and O–H groups in total. The summed E-state index contributed by atoms with van der Waals surface area (Å²) < 4.78 is 0. The number of rotatable bonds is 4. The predicted octanol–water partition coefficient (Wildman–Crippen LogP) is 3.79. The molecule has 0 atom stereocenters. The van der Waals surface area contributed by atoms with E-state index < -0.39 is 0 Å². The van der Waals surface area contributed by atoms with Gasteiger partial charge >= 0.3 is 0 Å². The van der Waals surface area contributed by atoms with E-state index in [-0.39, 0.29) is 5.91 Å². The molecule has 0 bridgehead atoms. The van der Waals surface area contributed by atoms with Crippen LogP contribution in [0.25, 0.3) is 0 Å². The highest BCUT2D eigenvalue weighted by atomic mass is 35.5. The Morgan fingerprint density at radius 3 is 2.55 bits per heavy atom. The van der Waals surface area contributed by atoms with E-state index in [0.717, 1.165) is 18.4 Å². The Labute approximate surface area is 127 Å². The maximum atomic E-state index is 12.6. The zero-order valence-electron chi connectivity index (χ0n) is 10.9. The van der Waals surface area contributed by atoms with Gasteiger partial charge in [0.1, 0.15) is 4.88 Å². The fourth-order valence-corrected chi connectivity index (χ4v) is 3.06. The van der Waals surface area contributed by atoms with Crippen LogP contribution < -0.4 is 5.73 Å². The number of hydrogen-bond donors (Lipinski definition) is 1. The maximum Gasteiger partial charge on any atom is 0.266 e. The molecular formula is C15H15ClN2OS. The average Bonchev–Trinajstić information content (AvgIpc) is 3.19. The molecule has 5 heteroatoms. The van der Waals surface area contributed by atoms with Crippen LogP contribution in [0.5, 0.6) is 0 Å². The molecule has 1 heterocycles. The molecule has 1 saturated carbocycles. The predicted molar refractivity (Wildman–Crippen MR) is 83.1 cm³/mol. The lowest BCUT2D eigenvalue weighted by atomic mass is 10.2. The first-order chi connectivity index (χ1) is 9.65. The number of hydrogen-bond acceptors (Lipinski definition) is 3. The molecular weight excluding hydrogens is 292 g/mol. The minimum absolute atomic E-state index is 0.0370. The molecule has 1 amide bonds. The molecule has 1 aliphatic rings. The fourth-order valence-electron chi connectivity index (χ4n) is 2.16. The maximum absolute atomic E-state index is 12.6. The van der Waals surface area contributed by atoms with Gasteiger partial charge < -0.3 is 10.6 Å². The Kier molecular flexibility index (Phi) is 3.68. The van der Waals surface area contributed by atoms with Crippen LogP contribution in [0.4, 0.5) is 5.69 Å². The molecule has 1 aromatic heterocycles. The van der Waals surface area contributed by atoms with Crippen LogP contribution in [0.15, 0.2) is 35.7 Å². The van der Waals surface area contributed by atoms with Crippen LogP contribution in [0, 0.1) is 0 Å². The Bertz CT molecular complexity index is 619. The van der Waals surface area contributed by atoms with Crippen LogP contribution >= 0.6 is 22.9 Å². The Balaban J connectivity index is 1.81. The molecule has 3 nitrogen and oxygen atoms in total. The highest BCUT2D eigenvalue weighted by molar-refractivity contribution is 7.12. The second kappa shape index (κ2) is 5.46. The highest BCUT2D eigenvalue weighted by Crippen LogP contribution is 2.32. The van der Waals surface area contributed by atoms with Crippen LogP contribution in [-0.2, 0) is 6.54 Å². The number of carbonyl (C=O) groups excluding carboxylic acids is 1. The topological polar surface area (TPSA) is 46.3 Å². The third-order valence-corrected chi connectivity index (χ3v) is 4.57. The summed E-state index contributed by atoms with van der Waals surface area (Å²) in [7, 11) is 0. The second-order valence-electron chi connectivity index (χ2n) is 5.00.